The van der Waals surface area contributed by atoms with Crippen LogP contribution in [0.2, 0.25) is 0 Å². The Balaban J connectivity index is 2.03. The lowest BCUT2D eigenvalue weighted by Crippen LogP contribution is -2.21. The highest BCUT2D eigenvalue weighted by atomic mass is 16.3. The van der Waals surface area contributed by atoms with Gasteiger partial charge in [-0.3, -0.25) is 0 Å². The average molecular weight is 214 g/mol. The van der Waals surface area contributed by atoms with E-state index in [2.05, 4.69) is 10.2 Å². The van der Waals surface area contributed by atoms with Crippen LogP contribution in [0.3, 0.4) is 0 Å². The Morgan fingerprint density at radius 1 is 1.12 bits per heavy atom. The summed E-state index contributed by atoms with van der Waals surface area (Å²) >= 11 is 0. The first-order valence-corrected chi connectivity index (χ1v) is 5.23. The Morgan fingerprint density at radius 2 is 1.75 bits per heavy atom. The average Bonchev–Trinajstić information content (AvgIpc) is 2.29. The zero-order valence-corrected chi connectivity index (χ0v) is 9.12. The first-order chi connectivity index (χ1) is 7.66. The number of aliphatic hydroxyl groups is 1. The molecule has 0 bridgehead atoms. The van der Waals surface area contributed by atoms with Crippen LogP contribution in [0.1, 0.15) is 6.92 Å². The minimum atomic E-state index is -0.848. The van der Waals surface area contributed by atoms with Gasteiger partial charge in [0.2, 0.25) is 0 Å². The van der Waals surface area contributed by atoms with Crippen molar-refractivity contribution in [3.8, 4) is 0 Å². The molecule has 3 nitrogen and oxygen atoms in total. The zero-order valence-electron chi connectivity index (χ0n) is 9.12. The van der Waals surface area contributed by atoms with Gasteiger partial charge in [0.15, 0.2) is 0 Å². The number of hydrogen-bond acceptors (Lipinski definition) is 3. The number of hydrogen-bond donors (Lipinski definition) is 1. The highest BCUT2D eigenvalue weighted by Gasteiger charge is 2.16. The number of benzene rings is 1. The van der Waals surface area contributed by atoms with Gasteiger partial charge in [-0.2, -0.15) is 10.2 Å². The Labute approximate surface area is 94.8 Å². The van der Waals surface area contributed by atoms with Gasteiger partial charge in [-0.15, -0.1) is 0 Å². The molecule has 0 heterocycles. The predicted molar refractivity (Wildman–Crippen MR) is 63.6 cm³/mol. The SMILES string of the molecule is CC1(O)C=CC(/N=N/c2ccccc2)C=C1. The molecular weight excluding hydrogens is 200 g/mol. The summed E-state index contributed by atoms with van der Waals surface area (Å²) in [6.07, 6.45) is 7.13. The van der Waals surface area contributed by atoms with E-state index in [-0.39, 0.29) is 6.04 Å². The molecule has 3 heteroatoms. The fourth-order valence-corrected chi connectivity index (χ4v) is 1.41. The van der Waals surface area contributed by atoms with Gasteiger partial charge < -0.3 is 5.11 Å². The van der Waals surface area contributed by atoms with Gasteiger partial charge in [-0.1, -0.05) is 42.5 Å². The van der Waals surface area contributed by atoms with Crippen LogP contribution in [0.5, 0.6) is 0 Å². The molecule has 0 saturated heterocycles. The molecule has 16 heavy (non-hydrogen) atoms. The third-order valence-electron chi connectivity index (χ3n) is 2.32. The second-order valence-corrected chi connectivity index (χ2v) is 3.99. The lowest BCUT2D eigenvalue weighted by Gasteiger charge is -2.18. The molecule has 0 atom stereocenters. The third-order valence-corrected chi connectivity index (χ3v) is 2.32. The molecule has 2 rings (SSSR count). The van der Waals surface area contributed by atoms with Crippen molar-refractivity contribution in [2.75, 3.05) is 0 Å². The van der Waals surface area contributed by atoms with Gasteiger partial charge in [0.1, 0.15) is 6.04 Å². The molecule has 0 unspecified atom stereocenters. The quantitative estimate of drug-likeness (QED) is 0.597. The van der Waals surface area contributed by atoms with Crippen LogP contribution in [0, 0.1) is 0 Å². The Bertz CT molecular complexity index is 417. The van der Waals surface area contributed by atoms with Crippen LogP contribution in [0.25, 0.3) is 0 Å². The lowest BCUT2D eigenvalue weighted by atomic mass is 9.99. The summed E-state index contributed by atoms with van der Waals surface area (Å²) in [5, 5.41) is 17.9. The second kappa shape index (κ2) is 4.41. The molecule has 0 aromatic heterocycles. The summed E-state index contributed by atoms with van der Waals surface area (Å²) < 4.78 is 0. The van der Waals surface area contributed by atoms with Crippen molar-refractivity contribution in [1.82, 2.24) is 0 Å². The second-order valence-electron chi connectivity index (χ2n) is 3.99. The molecule has 0 spiro atoms. The minimum absolute atomic E-state index is 0.0829. The van der Waals surface area contributed by atoms with Crippen LogP contribution < -0.4 is 0 Å². The zero-order chi connectivity index (χ0) is 11.4. The highest BCUT2D eigenvalue weighted by Crippen LogP contribution is 2.18. The topological polar surface area (TPSA) is 45.0 Å². The van der Waals surface area contributed by atoms with Crippen molar-refractivity contribution in [3.63, 3.8) is 0 Å². The molecule has 1 aromatic rings. The molecule has 0 saturated carbocycles. The molecule has 0 radical (unpaired) electrons. The maximum atomic E-state index is 9.63. The van der Waals surface area contributed by atoms with Crippen molar-refractivity contribution in [3.05, 3.63) is 54.6 Å². The van der Waals surface area contributed by atoms with E-state index in [9.17, 15) is 5.11 Å². The van der Waals surface area contributed by atoms with Crippen LogP contribution in [0.15, 0.2) is 64.9 Å². The van der Waals surface area contributed by atoms with E-state index in [1.54, 1.807) is 19.1 Å². The standard InChI is InChI=1S/C13H14N2O/c1-13(16)9-7-12(8-10-13)15-14-11-5-3-2-4-6-11/h2-10,12,16H,1H3/b15-14+. The normalized spacial score (nSPS) is 28.8. The third kappa shape index (κ3) is 2.87. The molecule has 0 aliphatic heterocycles. The van der Waals surface area contributed by atoms with E-state index in [0.717, 1.165) is 5.69 Å². The fourth-order valence-electron chi connectivity index (χ4n) is 1.41. The predicted octanol–water partition coefficient (Wildman–Crippen LogP) is 3.02. The van der Waals surface area contributed by atoms with Gasteiger partial charge in [0.05, 0.1) is 11.3 Å². The van der Waals surface area contributed by atoms with E-state index >= 15 is 0 Å². The van der Waals surface area contributed by atoms with Crippen molar-refractivity contribution >= 4 is 5.69 Å². The van der Waals surface area contributed by atoms with Crippen molar-refractivity contribution in [2.45, 2.75) is 18.6 Å². The van der Waals surface area contributed by atoms with Crippen LogP contribution in [0.4, 0.5) is 5.69 Å². The Kier molecular flexibility index (Phi) is 2.97. The first kappa shape index (κ1) is 10.8. The van der Waals surface area contributed by atoms with Gasteiger partial charge in [-0.05, 0) is 19.1 Å². The summed E-state index contributed by atoms with van der Waals surface area (Å²) in [6.45, 7) is 1.73. The van der Waals surface area contributed by atoms with E-state index in [0.29, 0.717) is 0 Å². The monoisotopic (exact) mass is 214 g/mol. The number of rotatable bonds is 2. The first-order valence-electron chi connectivity index (χ1n) is 5.23. The maximum Gasteiger partial charge on any atom is 0.108 e. The van der Waals surface area contributed by atoms with Crippen LogP contribution >= 0.6 is 0 Å². The summed E-state index contributed by atoms with van der Waals surface area (Å²) in [5.41, 5.74) is -0.0136. The molecule has 1 aromatic carbocycles. The molecule has 1 aliphatic carbocycles. The highest BCUT2D eigenvalue weighted by molar-refractivity contribution is 5.35. The van der Waals surface area contributed by atoms with Crippen molar-refractivity contribution in [2.24, 2.45) is 10.2 Å². The summed E-state index contributed by atoms with van der Waals surface area (Å²) in [7, 11) is 0. The molecule has 82 valence electrons. The fraction of sp³-hybridized carbons (Fsp3) is 0.231. The van der Waals surface area contributed by atoms with Crippen LogP contribution in [-0.2, 0) is 0 Å². The largest absolute Gasteiger partial charge is 0.382 e. The molecular formula is C13H14N2O. The van der Waals surface area contributed by atoms with Crippen LogP contribution in [-0.4, -0.2) is 16.7 Å². The van der Waals surface area contributed by atoms with Gasteiger partial charge in [0.25, 0.3) is 0 Å². The Hall–Kier alpha value is -1.74. The smallest absolute Gasteiger partial charge is 0.108 e. The van der Waals surface area contributed by atoms with Crippen molar-refractivity contribution < 1.29 is 5.11 Å². The molecule has 0 fully saturated rings. The number of nitrogens with zero attached hydrogens (tertiary/aromatic N) is 2. The van der Waals surface area contributed by atoms with Gasteiger partial charge in [0, 0.05) is 0 Å². The molecule has 1 N–H and O–H groups in total. The summed E-state index contributed by atoms with van der Waals surface area (Å²) in [5.74, 6) is 0. The molecule has 0 amide bonds. The van der Waals surface area contributed by atoms with E-state index in [1.165, 1.54) is 0 Å². The van der Waals surface area contributed by atoms with Gasteiger partial charge in [-0.25, -0.2) is 0 Å². The Morgan fingerprint density at radius 3 is 2.38 bits per heavy atom. The van der Waals surface area contributed by atoms with Crippen molar-refractivity contribution in [1.29, 1.82) is 0 Å². The summed E-state index contributed by atoms with van der Waals surface area (Å²) in [6, 6.07) is 9.50. The van der Waals surface area contributed by atoms with E-state index in [4.69, 9.17) is 0 Å². The lowest BCUT2D eigenvalue weighted by molar-refractivity contribution is 0.161. The van der Waals surface area contributed by atoms with Gasteiger partial charge >= 0.3 is 0 Å². The molecule has 1 aliphatic rings. The minimum Gasteiger partial charge on any atom is -0.382 e. The number of azo groups is 1. The van der Waals surface area contributed by atoms with E-state index in [1.807, 2.05) is 42.5 Å². The van der Waals surface area contributed by atoms with E-state index < -0.39 is 5.60 Å². The summed E-state index contributed by atoms with van der Waals surface area (Å²) in [4.78, 5) is 0. The maximum absolute atomic E-state index is 9.63.